The van der Waals surface area contributed by atoms with Crippen molar-refractivity contribution >= 4 is 44.1 Å². The number of rotatable bonds is 5. The van der Waals surface area contributed by atoms with Gasteiger partial charge in [-0.15, -0.1) is 11.6 Å². The van der Waals surface area contributed by atoms with E-state index in [9.17, 15) is 8.42 Å². The molecule has 0 atom stereocenters. The second-order valence-electron chi connectivity index (χ2n) is 4.36. The van der Waals surface area contributed by atoms with Crippen molar-refractivity contribution in [3.63, 3.8) is 0 Å². The Hall–Kier alpha value is -0.780. The van der Waals surface area contributed by atoms with Crippen LogP contribution in [-0.4, -0.2) is 35.9 Å². The number of benzene rings is 1. The topological polar surface area (TPSA) is 52.0 Å². The fraction of sp³-hybridized carbons (Fsp3) is 0.417. The molecule has 7 heteroatoms. The largest absolute Gasteiger partial charge is 0.327 e. The van der Waals surface area contributed by atoms with E-state index < -0.39 is 9.84 Å². The predicted octanol–water partition coefficient (Wildman–Crippen LogP) is 2.52. The summed E-state index contributed by atoms with van der Waals surface area (Å²) in [5.74, 6) is 1.27. The molecule has 2 rings (SSSR count). The van der Waals surface area contributed by atoms with E-state index in [2.05, 4.69) is 4.98 Å². The Morgan fingerprint density at radius 3 is 2.74 bits per heavy atom. The van der Waals surface area contributed by atoms with E-state index in [1.165, 1.54) is 6.26 Å². The second-order valence-corrected chi connectivity index (χ2v) is 7.40. The Bertz CT molecular complexity index is 695. The molecule has 0 saturated heterocycles. The number of hydrogen-bond donors (Lipinski definition) is 0. The van der Waals surface area contributed by atoms with E-state index in [4.69, 9.17) is 23.2 Å². The Labute approximate surface area is 122 Å². The van der Waals surface area contributed by atoms with E-state index in [1.807, 2.05) is 16.7 Å². The van der Waals surface area contributed by atoms with Crippen LogP contribution >= 0.6 is 23.2 Å². The summed E-state index contributed by atoms with van der Waals surface area (Å²) in [6, 6.07) is 5.48. The fourth-order valence-corrected chi connectivity index (χ4v) is 2.84. The van der Waals surface area contributed by atoms with Crippen molar-refractivity contribution in [1.82, 2.24) is 9.55 Å². The highest BCUT2D eigenvalue weighted by molar-refractivity contribution is 7.90. The van der Waals surface area contributed by atoms with Crippen molar-refractivity contribution in [3.05, 3.63) is 29.0 Å². The van der Waals surface area contributed by atoms with E-state index >= 15 is 0 Å². The van der Waals surface area contributed by atoms with Crippen molar-refractivity contribution in [3.8, 4) is 0 Å². The Kier molecular flexibility index (Phi) is 4.38. The number of hydrogen-bond acceptors (Lipinski definition) is 3. The van der Waals surface area contributed by atoms with Crippen molar-refractivity contribution in [1.29, 1.82) is 0 Å². The molecule has 0 aliphatic carbocycles. The average molecular weight is 321 g/mol. The lowest BCUT2D eigenvalue weighted by atomic mass is 10.3. The lowest BCUT2D eigenvalue weighted by Gasteiger charge is -2.07. The number of nitrogens with zero attached hydrogens (tertiary/aromatic N) is 2. The highest BCUT2D eigenvalue weighted by Gasteiger charge is 2.14. The van der Waals surface area contributed by atoms with Gasteiger partial charge in [0.2, 0.25) is 0 Å². The molecular weight excluding hydrogens is 307 g/mol. The molecule has 1 aromatic carbocycles. The molecule has 1 heterocycles. The lowest BCUT2D eigenvalue weighted by molar-refractivity contribution is 0.594. The lowest BCUT2D eigenvalue weighted by Crippen LogP contribution is -2.13. The zero-order valence-electron chi connectivity index (χ0n) is 10.4. The Balaban J connectivity index is 2.49. The van der Waals surface area contributed by atoms with Crippen LogP contribution in [-0.2, 0) is 22.8 Å². The van der Waals surface area contributed by atoms with Gasteiger partial charge in [0.25, 0.3) is 0 Å². The molecule has 0 radical (unpaired) electrons. The second kappa shape index (κ2) is 5.69. The molecule has 104 valence electrons. The molecule has 0 bridgehead atoms. The summed E-state index contributed by atoms with van der Waals surface area (Å²) in [6.45, 7) is 0.363. The van der Waals surface area contributed by atoms with E-state index in [0.717, 1.165) is 11.3 Å². The highest BCUT2D eigenvalue weighted by atomic mass is 35.5. The predicted molar refractivity (Wildman–Crippen MR) is 78.9 cm³/mol. The number of fused-ring (bicyclic) bond motifs is 1. The van der Waals surface area contributed by atoms with Gasteiger partial charge >= 0.3 is 0 Å². The summed E-state index contributed by atoms with van der Waals surface area (Å²) in [5, 5.41) is 0.562. The van der Waals surface area contributed by atoms with Crippen LogP contribution in [0.4, 0.5) is 0 Å². The van der Waals surface area contributed by atoms with Gasteiger partial charge in [0.05, 0.1) is 16.3 Å². The van der Waals surface area contributed by atoms with Crippen LogP contribution in [0.3, 0.4) is 0 Å². The van der Waals surface area contributed by atoms with E-state index in [-0.39, 0.29) is 5.75 Å². The molecule has 0 aliphatic heterocycles. The van der Waals surface area contributed by atoms with Crippen molar-refractivity contribution < 1.29 is 8.42 Å². The van der Waals surface area contributed by atoms with Crippen molar-refractivity contribution in [2.75, 3.05) is 17.9 Å². The summed E-state index contributed by atoms with van der Waals surface area (Å²) in [6.07, 6.45) is 1.80. The number of imidazole rings is 1. The maximum atomic E-state index is 11.3. The van der Waals surface area contributed by atoms with Crippen LogP contribution < -0.4 is 0 Å². The molecule has 2 aromatic rings. The summed E-state index contributed by atoms with van der Waals surface area (Å²) >= 11 is 11.9. The molecule has 4 nitrogen and oxygen atoms in total. The average Bonchev–Trinajstić information content (AvgIpc) is 2.66. The molecule has 0 saturated carbocycles. The normalized spacial score (nSPS) is 12.2. The first kappa shape index (κ1) is 14.6. The molecule has 19 heavy (non-hydrogen) atoms. The number of halogens is 2. The zero-order valence-corrected chi connectivity index (χ0v) is 12.8. The van der Waals surface area contributed by atoms with Crippen LogP contribution in [0.25, 0.3) is 11.0 Å². The van der Waals surface area contributed by atoms with Gasteiger partial charge in [-0.3, -0.25) is 0 Å². The van der Waals surface area contributed by atoms with Crippen molar-refractivity contribution in [2.45, 2.75) is 13.0 Å². The first-order chi connectivity index (χ1) is 8.92. The molecule has 0 aliphatic rings. The molecule has 0 fully saturated rings. The van der Waals surface area contributed by atoms with Gasteiger partial charge in [-0.05, 0) is 12.1 Å². The van der Waals surface area contributed by atoms with Crippen LogP contribution in [0.15, 0.2) is 18.2 Å². The van der Waals surface area contributed by atoms with Gasteiger partial charge < -0.3 is 4.57 Å². The molecule has 0 N–H and O–H groups in total. The molecule has 0 spiro atoms. The third-order valence-corrected chi connectivity index (χ3v) is 4.23. The standard InChI is InChI=1S/C12H14Cl2N2O2S/c1-19(17,18)8-7-16-10-4-2-3-9(14)12(10)15-11(16)5-6-13/h2-4H,5-8H2,1H3. The van der Waals surface area contributed by atoms with Gasteiger partial charge in [-0.2, -0.15) is 0 Å². The number of aryl methyl sites for hydroxylation is 2. The van der Waals surface area contributed by atoms with Gasteiger partial charge in [-0.1, -0.05) is 17.7 Å². The maximum absolute atomic E-state index is 11.3. The number of alkyl halides is 1. The van der Waals surface area contributed by atoms with Crippen LogP contribution in [0, 0.1) is 0 Å². The Morgan fingerprint density at radius 1 is 1.37 bits per heavy atom. The fourth-order valence-electron chi connectivity index (χ4n) is 1.94. The first-order valence-corrected chi connectivity index (χ1v) is 8.77. The van der Waals surface area contributed by atoms with Crippen LogP contribution in [0.5, 0.6) is 0 Å². The van der Waals surface area contributed by atoms with Crippen LogP contribution in [0.1, 0.15) is 5.82 Å². The third kappa shape index (κ3) is 3.41. The quantitative estimate of drug-likeness (QED) is 0.795. The van der Waals surface area contributed by atoms with Crippen LogP contribution in [0.2, 0.25) is 5.02 Å². The molecular formula is C12H14Cl2N2O2S. The minimum absolute atomic E-state index is 0.0697. The monoisotopic (exact) mass is 320 g/mol. The summed E-state index contributed by atoms with van der Waals surface area (Å²) in [7, 11) is -3.03. The number of para-hydroxylation sites is 1. The van der Waals surface area contributed by atoms with Gasteiger partial charge in [0, 0.05) is 25.1 Å². The molecule has 1 aromatic heterocycles. The minimum Gasteiger partial charge on any atom is -0.327 e. The van der Waals surface area contributed by atoms with Gasteiger partial charge in [-0.25, -0.2) is 13.4 Å². The summed E-state index contributed by atoms with van der Waals surface area (Å²) in [4.78, 5) is 4.45. The minimum atomic E-state index is -3.03. The SMILES string of the molecule is CS(=O)(=O)CCn1c(CCCl)nc2c(Cl)cccc21. The van der Waals surface area contributed by atoms with E-state index in [1.54, 1.807) is 6.07 Å². The third-order valence-electron chi connectivity index (χ3n) is 2.81. The Morgan fingerprint density at radius 2 is 2.11 bits per heavy atom. The van der Waals surface area contributed by atoms with Gasteiger partial charge in [0.15, 0.2) is 0 Å². The molecule has 0 unspecified atom stereocenters. The summed E-state index contributed by atoms with van der Waals surface area (Å²) in [5.41, 5.74) is 1.54. The zero-order chi connectivity index (χ0) is 14.0. The first-order valence-electron chi connectivity index (χ1n) is 5.79. The smallest absolute Gasteiger partial charge is 0.149 e. The van der Waals surface area contributed by atoms with E-state index in [0.29, 0.717) is 29.4 Å². The van der Waals surface area contributed by atoms with Crippen molar-refractivity contribution in [2.24, 2.45) is 0 Å². The maximum Gasteiger partial charge on any atom is 0.149 e. The highest BCUT2D eigenvalue weighted by Crippen LogP contribution is 2.24. The summed E-state index contributed by atoms with van der Waals surface area (Å²) < 4.78 is 24.5. The number of aromatic nitrogens is 2. The van der Waals surface area contributed by atoms with Gasteiger partial charge in [0.1, 0.15) is 21.2 Å². The molecule has 0 amide bonds. The number of sulfone groups is 1.